The van der Waals surface area contributed by atoms with Gasteiger partial charge in [0.1, 0.15) is 0 Å². The topological polar surface area (TPSA) is 37.3 Å². The van der Waals surface area contributed by atoms with Gasteiger partial charge in [-0.05, 0) is 44.4 Å². The Labute approximate surface area is 114 Å². The highest BCUT2D eigenvalue weighted by Gasteiger charge is 2.26. The molecule has 4 heteroatoms. The third-order valence-electron chi connectivity index (χ3n) is 3.55. The van der Waals surface area contributed by atoms with Gasteiger partial charge in [0.25, 0.3) is 0 Å². The maximum Gasteiger partial charge on any atom is 0.306 e. The molecular weight excluding hydrogens is 336 g/mol. The van der Waals surface area contributed by atoms with E-state index in [1.54, 1.807) is 0 Å². The van der Waals surface area contributed by atoms with E-state index in [-0.39, 0.29) is 5.92 Å². The quantitative estimate of drug-likeness (QED) is 0.750. The molecule has 1 fully saturated rings. The Balaban J connectivity index is 2.20. The molecule has 1 aliphatic rings. The molecular formula is C12H20Br2O2. The molecule has 94 valence electrons. The Morgan fingerprint density at radius 1 is 1.31 bits per heavy atom. The molecule has 1 aliphatic carbocycles. The van der Waals surface area contributed by atoms with Crippen molar-refractivity contribution in [3.8, 4) is 0 Å². The molecule has 2 nitrogen and oxygen atoms in total. The highest BCUT2D eigenvalue weighted by atomic mass is 79.9. The van der Waals surface area contributed by atoms with E-state index in [0.29, 0.717) is 9.65 Å². The Bertz CT molecular complexity index is 223. The number of carbonyl (C=O) groups is 1. The highest BCUT2D eigenvalue weighted by molar-refractivity contribution is 9.12. The summed E-state index contributed by atoms with van der Waals surface area (Å²) in [5.74, 6) is 0.0546. The Kier molecular flexibility index (Phi) is 6.34. The van der Waals surface area contributed by atoms with Crippen molar-refractivity contribution in [1.29, 1.82) is 0 Å². The van der Waals surface area contributed by atoms with Crippen LogP contribution in [0.1, 0.15) is 45.4 Å². The minimum Gasteiger partial charge on any atom is -0.481 e. The number of carboxylic acid groups (broad SMARTS) is 1. The second-order valence-corrected chi connectivity index (χ2v) is 7.45. The molecule has 0 aliphatic heterocycles. The maximum atomic E-state index is 10.8. The fourth-order valence-electron chi connectivity index (χ4n) is 2.32. The van der Waals surface area contributed by atoms with E-state index < -0.39 is 5.97 Å². The fraction of sp³-hybridized carbons (Fsp3) is 0.917. The lowest BCUT2D eigenvalue weighted by Gasteiger charge is -2.27. The van der Waals surface area contributed by atoms with Gasteiger partial charge in [0.2, 0.25) is 0 Å². The van der Waals surface area contributed by atoms with Crippen LogP contribution in [0.5, 0.6) is 0 Å². The van der Waals surface area contributed by atoms with Crippen LogP contribution in [0.25, 0.3) is 0 Å². The molecule has 1 N–H and O–H groups in total. The molecule has 2 atom stereocenters. The van der Waals surface area contributed by atoms with E-state index in [0.717, 1.165) is 31.6 Å². The van der Waals surface area contributed by atoms with Crippen molar-refractivity contribution in [2.24, 2.45) is 11.8 Å². The molecule has 0 saturated heterocycles. The molecule has 2 unspecified atom stereocenters. The number of alkyl halides is 2. The first-order valence-corrected chi connectivity index (χ1v) is 7.84. The number of rotatable bonds is 5. The van der Waals surface area contributed by atoms with Gasteiger partial charge in [0.05, 0.1) is 5.92 Å². The normalized spacial score (nSPS) is 29.7. The average molecular weight is 356 g/mol. The first-order chi connectivity index (χ1) is 7.50. The monoisotopic (exact) mass is 354 g/mol. The van der Waals surface area contributed by atoms with E-state index in [4.69, 9.17) is 5.11 Å². The van der Waals surface area contributed by atoms with E-state index in [9.17, 15) is 4.79 Å². The predicted molar refractivity (Wildman–Crippen MR) is 73.4 cm³/mol. The summed E-state index contributed by atoms with van der Waals surface area (Å²) in [5, 5.41) is 8.90. The van der Waals surface area contributed by atoms with Crippen LogP contribution in [0.2, 0.25) is 0 Å². The van der Waals surface area contributed by atoms with Crippen molar-refractivity contribution in [3.63, 3.8) is 0 Å². The van der Waals surface area contributed by atoms with Gasteiger partial charge < -0.3 is 5.11 Å². The lowest BCUT2D eigenvalue weighted by Crippen LogP contribution is -2.22. The van der Waals surface area contributed by atoms with Gasteiger partial charge in [-0.2, -0.15) is 0 Å². The van der Waals surface area contributed by atoms with Crippen molar-refractivity contribution in [2.75, 3.05) is 0 Å². The largest absolute Gasteiger partial charge is 0.481 e. The number of aliphatic carboxylic acids is 1. The average Bonchev–Trinajstić information content (AvgIpc) is 2.26. The zero-order chi connectivity index (χ0) is 12.1. The molecule has 1 saturated carbocycles. The fourth-order valence-corrected chi connectivity index (χ4v) is 2.85. The molecule has 0 aromatic carbocycles. The molecule has 0 aromatic rings. The predicted octanol–water partition coefficient (Wildman–Crippen LogP) is 4.20. The van der Waals surface area contributed by atoms with Crippen molar-refractivity contribution >= 4 is 37.8 Å². The third kappa shape index (κ3) is 4.74. The summed E-state index contributed by atoms with van der Waals surface area (Å²) in [7, 11) is 0. The number of carboxylic acids is 1. The smallest absolute Gasteiger partial charge is 0.306 e. The van der Waals surface area contributed by atoms with Gasteiger partial charge in [-0.1, -0.05) is 38.8 Å². The van der Waals surface area contributed by atoms with E-state index in [1.165, 1.54) is 12.8 Å². The molecule has 0 spiro atoms. The van der Waals surface area contributed by atoms with Gasteiger partial charge in [0.15, 0.2) is 0 Å². The molecule has 0 heterocycles. The minimum absolute atomic E-state index is 0.0777. The van der Waals surface area contributed by atoms with E-state index in [2.05, 4.69) is 38.8 Å². The van der Waals surface area contributed by atoms with Crippen LogP contribution in [0.4, 0.5) is 0 Å². The van der Waals surface area contributed by atoms with Gasteiger partial charge in [-0.3, -0.25) is 4.79 Å². The molecule has 0 amide bonds. The van der Waals surface area contributed by atoms with Crippen LogP contribution >= 0.6 is 31.9 Å². The van der Waals surface area contributed by atoms with Crippen LogP contribution in [0.3, 0.4) is 0 Å². The Morgan fingerprint density at radius 2 is 1.88 bits per heavy atom. The molecule has 0 aromatic heterocycles. The summed E-state index contributed by atoms with van der Waals surface area (Å²) >= 11 is 7.23. The van der Waals surface area contributed by atoms with Crippen molar-refractivity contribution in [1.82, 2.24) is 0 Å². The maximum absolute atomic E-state index is 10.8. The Hall–Kier alpha value is 0.430. The summed E-state index contributed by atoms with van der Waals surface area (Å²) < 4.78 is 0. The van der Waals surface area contributed by atoms with Crippen LogP contribution in [-0.4, -0.2) is 20.7 Å². The van der Waals surface area contributed by atoms with Crippen molar-refractivity contribution in [3.05, 3.63) is 0 Å². The molecule has 1 rings (SSSR count). The zero-order valence-electron chi connectivity index (χ0n) is 9.66. The zero-order valence-corrected chi connectivity index (χ0v) is 12.8. The summed E-state index contributed by atoms with van der Waals surface area (Å²) in [5.41, 5.74) is 0. The summed E-state index contributed by atoms with van der Waals surface area (Å²) in [4.78, 5) is 11.8. The van der Waals surface area contributed by atoms with Crippen LogP contribution in [0.15, 0.2) is 0 Å². The van der Waals surface area contributed by atoms with Gasteiger partial charge in [-0.25, -0.2) is 0 Å². The minimum atomic E-state index is -0.606. The number of halogens is 2. The van der Waals surface area contributed by atoms with Crippen molar-refractivity contribution in [2.45, 2.75) is 55.1 Å². The van der Waals surface area contributed by atoms with Crippen LogP contribution in [-0.2, 0) is 4.79 Å². The van der Waals surface area contributed by atoms with Crippen LogP contribution in [0, 0.1) is 11.8 Å². The van der Waals surface area contributed by atoms with E-state index >= 15 is 0 Å². The second-order valence-electron chi connectivity index (χ2n) is 4.83. The Morgan fingerprint density at radius 3 is 2.31 bits per heavy atom. The molecule has 0 bridgehead atoms. The second kappa shape index (κ2) is 7.00. The van der Waals surface area contributed by atoms with Crippen molar-refractivity contribution < 1.29 is 9.90 Å². The summed E-state index contributed by atoms with van der Waals surface area (Å²) in [6.45, 7) is 2.15. The number of hydrogen-bond acceptors (Lipinski definition) is 1. The van der Waals surface area contributed by atoms with Crippen LogP contribution < -0.4 is 0 Å². The first-order valence-electron chi connectivity index (χ1n) is 6.01. The SMILES string of the molecule is CC(Br)C(Br)CCC1CCC(C(=O)O)CC1. The lowest BCUT2D eigenvalue weighted by molar-refractivity contribution is -0.143. The highest BCUT2D eigenvalue weighted by Crippen LogP contribution is 2.33. The third-order valence-corrected chi connectivity index (χ3v) is 6.14. The van der Waals surface area contributed by atoms with Gasteiger partial charge in [-0.15, -0.1) is 0 Å². The summed E-state index contributed by atoms with van der Waals surface area (Å²) in [6, 6.07) is 0. The van der Waals surface area contributed by atoms with E-state index in [1.807, 2.05) is 0 Å². The first kappa shape index (κ1) is 14.5. The molecule has 0 radical (unpaired) electrons. The molecule has 16 heavy (non-hydrogen) atoms. The van der Waals surface area contributed by atoms with Gasteiger partial charge >= 0.3 is 5.97 Å². The van der Waals surface area contributed by atoms with Gasteiger partial charge in [0, 0.05) is 9.65 Å². The number of hydrogen-bond donors (Lipinski definition) is 1. The summed E-state index contributed by atoms with van der Waals surface area (Å²) in [6.07, 6.45) is 6.32. The standard InChI is InChI=1S/C12H20Br2O2/c1-8(13)11(14)7-4-9-2-5-10(6-3-9)12(15)16/h8-11H,2-7H2,1H3,(H,15,16). The lowest BCUT2D eigenvalue weighted by atomic mass is 9.80.